The van der Waals surface area contributed by atoms with Crippen LogP contribution in [0.1, 0.15) is 12.0 Å². The van der Waals surface area contributed by atoms with Crippen molar-refractivity contribution in [2.75, 3.05) is 39.8 Å². The zero-order chi connectivity index (χ0) is 16.1. The standard InChI is InChI=1S/C17H23N5O/c1-21-8-10-22(11-9-21)7-6-17(23)20-19-13-14-12-18-16-5-3-2-4-15(14)16/h2-5,12-13,18H,6-11H2,1H3,(H,20,23)/b19-13+. The van der Waals surface area contributed by atoms with Gasteiger partial charge in [-0.2, -0.15) is 5.10 Å². The van der Waals surface area contributed by atoms with E-state index in [2.05, 4.69) is 32.4 Å². The van der Waals surface area contributed by atoms with Gasteiger partial charge in [0.1, 0.15) is 0 Å². The van der Waals surface area contributed by atoms with Gasteiger partial charge in [0.2, 0.25) is 5.91 Å². The Balaban J connectivity index is 1.45. The van der Waals surface area contributed by atoms with E-state index in [1.807, 2.05) is 30.5 Å². The molecule has 122 valence electrons. The second-order valence-corrected chi connectivity index (χ2v) is 5.98. The molecule has 1 aliphatic heterocycles. The van der Waals surface area contributed by atoms with Crippen molar-refractivity contribution < 1.29 is 4.79 Å². The molecular weight excluding hydrogens is 290 g/mol. The number of nitrogens with zero attached hydrogens (tertiary/aromatic N) is 3. The van der Waals surface area contributed by atoms with Gasteiger partial charge in [0.25, 0.3) is 0 Å². The van der Waals surface area contributed by atoms with Crippen LogP contribution in [0.2, 0.25) is 0 Å². The number of likely N-dealkylation sites (N-methyl/N-ethyl adjacent to an activating group) is 1. The number of hydrogen-bond acceptors (Lipinski definition) is 4. The first-order valence-electron chi connectivity index (χ1n) is 8.01. The first kappa shape index (κ1) is 15.7. The number of aromatic amines is 1. The summed E-state index contributed by atoms with van der Waals surface area (Å²) in [4.78, 5) is 19.7. The summed E-state index contributed by atoms with van der Waals surface area (Å²) in [5.74, 6) is -0.0416. The Bertz CT molecular complexity index is 685. The lowest BCUT2D eigenvalue weighted by atomic mass is 10.2. The molecule has 23 heavy (non-hydrogen) atoms. The van der Waals surface area contributed by atoms with Gasteiger partial charge in [-0.1, -0.05) is 18.2 Å². The maximum Gasteiger partial charge on any atom is 0.241 e. The lowest BCUT2D eigenvalue weighted by Crippen LogP contribution is -2.45. The molecule has 0 saturated carbocycles. The summed E-state index contributed by atoms with van der Waals surface area (Å²) in [6.45, 7) is 4.99. The van der Waals surface area contributed by atoms with Crippen LogP contribution in [-0.4, -0.2) is 66.7 Å². The number of para-hydroxylation sites is 1. The molecule has 0 spiro atoms. The minimum atomic E-state index is -0.0416. The first-order valence-corrected chi connectivity index (χ1v) is 8.01. The second-order valence-electron chi connectivity index (χ2n) is 5.98. The summed E-state index contributed by atoms with van der Waals surface area (Å²) in [5, 5.41) is 5.17. The van der Waals surface area contributed by atoms with Crippen molar-refractivity contribution in [1.29, 1.82) is 0 Å². The van der Waals surface area contributed by atoms with Crippen molar-refractivity contribution in [3.05, 3.63) is 36.0 Å². The van der Waals surface area contributed by atoms with E-state index in [9.17, 15) is 4.79 Å². The molecule has 2 N–H and O–H groups in total. The van der Waals surface area contributed by atoms with E-state index in [1.54, 1.807) is 6.21 Å². The molecule has 1 saturated heterocycles. The fourth-order valence-corrected chi connectivity index (χ4v) is 2.76. The Kier molecular flexibility index (Phi) is 5.05. The van der Waals surface area contributed by atoms with E-state index >= 15 is 0 Å². The van der Waals surface area contributed by atoms with Crippen molar-refractivity contribution in [3.63, 3.8) is 0 Å². The predicted molar refractivity (Wildman–Crippen MR) is 92.6 cm³/mol. The average Bonchev–Trinajstić information content (AvgIpc) is 2.98. The van der Waals surface area contributed by atoms with E-state index < -0.39 is 0 Å². The highest BCUT2D eigenvalue weighted by Gasteiger charge is 2.14. The van der Waals surface area contributed by atoms with E-state index in [1.165, 1.54) is 0 Å². The van der Waals surface area contributed by atoms with Crippen LogP contribution < -0.4 is 5.43 Å². The molecule has 0 unspecified atom stereocenters. The lowest BCUT2D eigenvalue weighted by Gasteiger charge is -2.32. The van der Waals surface area contributed by atoms with Crippen LogP contribution in [0.25, 0.3) is 10.9 Å². The summed E-state index contributed by atoms with van der Waals surface area (Å²) in [6, 6.07) is 8.02. The van der Waals surface area contributed by atoms with Crippen molar-refractivity contribution >= 4 is 23.0 Å². The third kappa shape index (κ3) is 4.18. The predicted octanol–water partition coefficient (Wildman–Crippen LogP) is 1.26. The summed E-state index contributed by atoms with van der Waals surface area (Å²) in [5.41, 5.74) is 4.65. The molecule has 6 heteroatoms. The van der Waals surface area contributed by atoms with Crippen LogP contribution in [0, 0.1) is 0 Å². The van der Waals surface area contributed by atoms with Crippen molar-refractivity contribution in [3.8, 4) is 0 Å². The zero-order valence-electron chi connectivity index (χ0n) is 13.5. The molecule has 1 amide bonds. The molecule has 3 rings (SSSR count). The van der Waals surface area contributed by atoms with Gasteiger partial charge in [-0.05, 0) is 13.1 Å². The topological polar surface area (TPSA) is 63.7 Å². The molecule has 1 aromatic carbocycles. The Morgan fingerprint density at radius 3 is 2.91 bits per heavy atom. The van der Waals surface area contributed by atoms with Crippen LogP contribution in [0.4, 0.5) is 0 Å². The van der Waals surface area contributed by atoms with E-state index in [4.69, 9.17) is 0 Å². The quantitative estimate of drug-likeness (QED) is 0.645. The monoisotopic (exact) mass is 313 g/mol. The number of carbonyl (C=O) groups is 1. The van der Waals surface area contributed by atoms with Crippen LogP contribution >= 0.6 is 0 Å². The lowest BCUT2D eigenvalue weighted by molar-refractivity contribution is -0.121. The van der Waals surface area contributed by atoms with Gasteiger partial charge in [0.05, 0.1) is 6.21 Å². The van der Waals surface area contributed by atoms with E-state index in [-0.39, 0.29) is 5.91 Å². The minimum absolute atomic E-state index is 0.0416. The minimum Gasteiger partial charge on any atom is -0.361 e. The summed E-state index contributed by atoms with van der Waals surface area (Å²) in [6.07, 6.45) is 4.06. The van der Waals surface area contributed by atoms with Crippen molar-refractivity contribution in [2.45, 2.75) is 6.42 Å². The number of H-pyrrole nitrogens is 1. The number of hydrogen-bond donors (Lipinski definition) is 2. The molecule has 1 aromatic heterocycles. The van der Waals surface area contributed by atoms with Gasteiger partial charge >= 0.3 is 0 Å². The third-order valence-electron chi connectivity index (χ3n) is 4.27. The summed E-state index contributed by atoms with van der Waals surface area (Å²) in [7, 11) is 2.13. The number of benzene rings is 1. The second kappa shape index (κ2) is 7.39. The van der Waals surface area contributed by atoms with Gasteiger partial charge in [-0.3, -0.25) is 4.79 Å². The maximum absolute atomic E-state index is 11.9. The Morgan fingerprint density at radius 1 is 1.30 bits per heavy atom. The highest BCUT2D eigenvalue weighted by molar-refractivity contribution is 5.99. The summed E-state index contributed by atoms with van der Waals surface area (Å²) < 4.78 is 0. The molecule has 1 fully saturated rings. The first-order chi connectivity index (χ1) is 11.2. The van der Waals surface area contributed by atoms with Gasteiger partial charge in [0.15, 0.2) is 0 Å². The largest absolute Gasteiger partial charge is 0.361 e. The zero-order valence-corrected chi connectivity index (χ0v) is 13.5. The highest BCUT2D eigenvalue weighted by Crippen LogP contribution is 2.15. The molecular formula is C17H23N5O. The molecule has 0 radical (unpaired) electrons. The fourth-order valence-electron chi connectivity index (χ4n) is 2.76. The molecule has 0 atom stereocenters. The number of aromatic nitrogens is 1. The molecule has 2 heterocycles. The molecule has 6 nitrogen and oxygen atoms in total. The normalized spacial score (nSPS) is 17.1. The number of fused-ring (bicyclic) bond motifs is 1. The molecule has 2 aromatic rings. The number of carbonyl (C=O) groups excluding carboxylic acids is 1. The van der Waals surface area contributed by atoms with Crippen LogP contribution in [-0.2, 0) is 4.79 Å². The maximum atomic E-state index is 11.9. The highest BCUT2D eigenvalue weighted by atomic mass is 16.2. The van der Waals surface area contributed by atoms with Crippen LogP contribution in [0.3, 0.4) is 0 Å². The number of amides is 1. The van der Waals surface area contributed by atoms with E-state index in [0.29, 0.717) is 6.42 Å². The number of hydrazone groups is 1. The van der Waals surface area contributed by atoms with Crippen LogP contribution in [0.15, 0.2) is 35.6 Å². The molecule has 0 aliphatic carbocycles. The number of nitrogens with one attached hydrogen (secondary N) is 2. The van der Waals surface area contributed by atoms with Gasteiger partial charge < -0.3 is 14.8 Å². The molecule has 0 bridgehead atoms. The summed E-state index contributed by atoms with van der Waals surface area (Å²) >= 11 is 0. The van der Waals surface area contributed by atoms with E-state index in [0.717, 1.165) is 49.2 Å². The Labute approximate surface area is 136 Å². The molecule has 1 aliphatic rings. The number of piperazine rings is 1. The Hall–Kier alpha value is -2.18. The van der Waals surface area contributed by atoms with Crippen molar-refractivity contribution in [1.82, 2.24) is 20.2 Å². The third-order valence-corrected chi connectivity index (χ3v) is 4.27. The smallest absolute Gasteiger partial charge is 0.241 e. The van der Waals surface area contributed by atoms with Crippen LogP contribution in [0.5, 0.6) is 0 Å². The van der Waals surface area contributed by atoms with Gasteiger partial charge in [-0.15, -0.1) is 0 Å². The SMILES string of the molecule is CN1CCN(CCC(=O)N/N=C/c2c[nH]c3ccccc23)CC1. The van der Waals surface area contributed by atoms with Gasteiger partial charge in [-0.25, -0.2) is 5.43 Å². The fraction of sp³-hybridized carbons (Fsp3) is 0.412. The average molecular weight is 313 g/mol. The number of rotatable bonds is 5. The Morgan fingerprint density at radius 2 is 2.09 bits per heavy atom. The van der Waals surface area contributed by atoms with Crippen molar-refractivity contribution in [2.24, 2.45) is 5.10 Å². The van der Waals surface area contributed by atoms with Gasteiger partial charge in [0, 0.05) is 61.8 Å².